The van der Waals surface area contributed by atoms with Crippen LogP contribution in [-0.4, -0.2) is 22.3 Å². The van der Waals surface area contributed by atoms with E-state index in [1.165, 1.54) is 0 Å². The van der Waals surface area contributed by atoms with Crippen LogP contribution in [0, 0.1) is 6.92 Å². The normalized spacial score (nSPS) is 11.6. The lowest BCUT2D eigenvalue weighted by Crippen LogP contribution is -2.34. The van der Waals surface area contributed by atoms with Crippen LogP contribution in [0.25, 0.3) is 0 Å². The number of rotatable bonds is 6. The Morgan fingerprint density at radius 1 is 1.24 bits per heavy atom. The Bertz CT molecular complexity index is 359. The molecule has 0 atom stereocenters. The number of aryl methyl sites for hydroxylation is 2. The van der Waals surface area contributed by atoms with Crippen molar-refractivity contribution in [2.24, 2.45) is 0 Å². The number of hydrogen-bond donors (Lipinski definition) is 1. The quantitative estimate of drug-likeness (QED) is 0.827. The van der Waals surface area contributed by atoms with Crippen molar-refractivity contribution in [3.8, 4) is 5.75 Å². The maximum Gasteiger partial charge on any atom is 0.140 e. The standard InChI is InChI=1S/C14H23NO2/c1-5-12-13(9-8-11(4)15-12)17-10-14(16,6-2)7-3/h8-9,16H,5-7,10H2,1-4H3. The summed E-state index contributed by atoms with van der Waals surface area (Å²) in [5, 5.41) is 10.2. The van der Waals surface area contributed by atoms with Gasteiger partial charge in [-0.3, -0.25) is 4.98 Å². The van der Waals surface area contributed by atoms with Crippen LogP contribution in [0.2, 0.25) is 0 Å². The van der Waals surface area contributed by atoms with E-state index in [0.29, 0.717) is 19.4 Å². The lowest BCUT2D eigenvalue weighted by molar-refractivity contribution is -0.0117. The maximum atomic E-state index is 10.2. The molecule has 1 aromatic rings. The van der Waals surface area contributed by atoms with Crippen molar-refractivity contribution < 1.29 is 9.84 Å². The summed E-state index contributed by atoms with van der Waals surface area (Å²) in [6.07, 6.45) is 2.24. The summed E-state index contributed by atoms with van der Waals surface area (Å²) >= 11 is 0. The van der Waals surface area contributed by atoms with E-state index in [4.69, 9.17) is 4.74 Å². The van der Waals surface area contributed by atoms with Crippen molar-refractivity contribution in [1.29, 1.82) is 0 Å². The fraction of sp³-hybridized carbons (Fsp3) is 0.643. The van der Waals surface area contributed by atoms with Crippen LogP contribution in [0.15, 0.2) is 12.1 Å². The average Bonchev–Trinajstić information content (AvgIpc) is 2.36. The summed E-state index contributed by atoms with van der Waals surface area (Å²) in [6, 6.07) is 3.87. The highest BCUT2D eigenvalue weighted by Gasteiger charge is 2.23. The Hall–Kier alpha value is -1.09. The minimum Gasteiger partial charge on any atom is -0.489 e. The van der Waals surface area contributed by atoms with Gasteiger partial charge < -0.3 is 9.84 Å². The first-order chi connectivity index (χ1) is 8.04. The molecule has 0 saturated heterocycles. The van der Waals surface area contributed by atoms with Crippen molar-refractivity contribution in [2.45, 2.75) is 52.6 Å². The monoisotopic (exact) mass is 237 g/mol. The highest BCUT2D eigenvalue weighted by atomic mass is 16.5. The Morgan fingerprint density at radius 2 is 1.88 bits per heavy atom. The molecule has 0 aliphatic heterocycles. The average molecular weight is 237 g/mol. The van der Waals surface area contributed by atoms with Gasteiger partial charge in [0.05, 0.1) is 11.3 Å². The summed E-state index contributed by atoms with van der Waals surface area (Å²) in [4.78, 5) is 4.44. The van der Waals surface area contributed by atoms with Crippen LogP contribution < -0.4 is 4.74 Å². The third-order valence-electron chi connectivity index (χ3n) is 3.22. The van der Waals surface area contributed by atoms with Gasteiger partial charge in [0.25, 0.3) is 0 Å². The van der Waals surface area contributed by atoms with Gasteiger partial charge in [0.2, 0.25) is 0 Å². The lowest BCUT2D eigenvalue weighted by atomic mass is 9.99. The van der Waals surface area contributed by atoms with Crippen LogP contribution in [-0.2, 0) is 6.42 Å². The van der Waals surface area contributed by atoms with Gasteiger partial charge in [-0.1, -0.05) is 20.8 Å². The van der Waals surface area contributed by atoms with Gasteiger partial charge in [0, 0.05) is 5.69 Å². The topological polar surface area (TPSA) is 42.4 Å². The number of aromatic nitrogens is 1. The molecule has 1 aromatic heterocycles. The first-order valence-electron chi connectivity index (χ1n) is 6.36. The van der Waals surface area contributed by atoms with Gasteiger partial charge in [-0.15, -0.1) is 0 Å². The minimum atomic E-state index is -0.726. The number of aliphatic hydroxyl groups is 1. The molecule has 0 spiro atoms. The van der Waals surface area contributed by atoms with E-state index in [0.717, 1.165) is 23.6 Å². The fourth-order valence-corrected chi connectivity index (χ4v) is 1.65. The number of ether oxygens (including phenoxy) is 1. The lowest BCUT2D eigenvalue weighted by Gasteiger charge is -2.25. The predicted molar refractivity (Wildman–Crippen MR) is 69.4 cm³/mol. The van der Waals surface area contributed by atoms with E-state index in [1.54, 1.807) is 0 Å². The van der Waals surface area contributed by atoms with Crippen LogP contribution in [0.3, 0.4) is 0 Å². The van der Waals surface area contributed by atoms with Gasteiger partial charge in [0.1, 0.15) is 12.4 Å². The van der Waals surface area contributed by atoms with Gasteiger partial charge in [0.15, 0.2) is 0 Å². The van der Waals surface area contributed by atoms with Crippen molar-refractivity contribution in [3.05, 3.63) is 23.5 Å². The third kappa shape index (κ3) is 3.70. The minimum absolute atomic E-state index is 0.331. The molecule has 0 bridgehead atoms. The Labute approximate surface area is 104 Å². The second-order valence-corrected chi connectivity index (χ2v) is 4.47. The molecule has 3 heteroatoms. The van der Waals surface area contributed by atoms with Gasteiger partial charge in [-0.25, -0.2) is 0 Å². The van der Waals surface area contributed by atoms with Gasteiger partial charge in [-0.05, 0) is 38.3 Å². The molecule has 17 heavy (non-hydrogen) atoms. The molecule has 1 rings (SSSR count). The Balaban J connectivity index is 2.75. The molecular weight excluding hydrogens is 214 g/mol. The van der Waals surface area contributed by atoms with E-state index in [1.807, 2.05) is 32.9 Å². The SMILES string of the molecule is CCc1nc(C)ccc1OCC(O)(CC)CC. The molecule has 1 N–H and O–H groups in total. The summed E-state index contributed by atoms with van der Waals surface area (Å²) < 4.78 is 5.72. The van der Waals surface area contributed by atoms with E-state index in [9.17, 15) is 5.11 Å². The molecule has 0 radical (unpaired) electrons. The first-order valence-corrected chi connectivity index (χ1v) is 6.36. The van der Waals surface area contributed by atoms with E-state index >= 15 is 0 Å². The van der Waals surface area contributed by atoms with Gasteiger partial charge >= 0.3 is 0 Å². The largest absolute Gasteiger partial charge is 0.489 e. The molecule has 0 fully saturated rings. The highest BCUT2D eigenvalue weighted by Crippen LogP contribution is 2.21. The molecule has 96 valence electrons. The zero-order valence-corrected chi connectivity index (χ0v) is 11.3. The summed E-state index contributed by atoms with van der Waals surface area (Å²) in [6.45, 7) is 8.30. The van der Waals surface area contributed by atoms with Crippen LogP contribution in [0.4, 0.5) is 0 Å². The fourth-order valence-electron chi connectivity index (χ4n) is 1.65. The first kappa shape index (κ1) is 14.0. The summed E-state index contributed by atoms with van der Waals surface area (Å²) in [7, 11) is 0. The van der Waals surface area contributed by atoms with Crippen LogP contribution in [0.5, 0.6) is 5.75 Å². The Morgan fingerprint density at radius 3 is 2.41 bits per heavy atom. The molecule has 0 aromatic carbocycles. The molecule has 0 aliphatic carbocycles. The predicted octanol–water partition coefficient (Wildman–Crippen LogP) is 2.88. The molecule has 0 amide bonds. The van der Waals surface area contributed by atoms with Crippen molar-refractivity contribution in [2.75, 3.05) is 6.61 Å². The molecule has 1 heterocycles. The maximum absolute atomic E-state index is 10.2. The van der Waals surface area contributed by atoms with Gasteiger partial charge in [-0.2, -0.15) is 0 Å². The van der Waals surface area contributed by atoms with Crippen LogP contribution >= 0.6 is 0 Å². The molecular formula is C14H23NO2. The van der Waals surface area contributed by atoms with E-state index in [2.05, 4.69) is 11.9 Å². The zero-order valence-electron chi connectivity index (χ0n) is 11.3. The number of nitrogens with zero attached hydrogens (tertiary/aromatic N) is 1. The van der Waals surface area contributed by atoms with Crippen molar-refractivity contribution in [3.63, 3.8) is 0 Å². The zero-order chi connectivity index (χ0) is 12.9. The van der Waals surface area contributed by atoms with Crippen molar-refractivity contribution >= 4 is 0 Å². The smallest absolute Gasteiger partial charge is 0.140 e. The van der Waals surface area contributed by atoms with E-state index in [-0.39, 0.29) is 0 Å². The van der Waals surface area contributed by atoms with Crippen molar-refractivity contribution in [1.82, 2.24) is 4.98 Å². The molecule has 0 unspecified atom stereocenters. The molecule has 3 nitrogen and oxygen atoms in total. The highest BCUT2D eigenvalue weighted by molar-refractivity contribution is 5.29. The Kier molecular flexibility index (Phi) is 4.94. The summed E-state index contributed by atoms with van der Waals surface area (Å²) in [5.41, 5.74) is 1.23. The second kappa shape index (κ2) is 6.01. The van der Waals surface area contributed by atoms with E-state index < -0.39 is 5.60 Å². The second-order valence-electron chi connectivity index (χ2n) is 4.47. The number of pyridine rings is 1. The molecule has 0 aliphatic rings. The number of hydrogen-bond acceptors (Lipinski definition) is 3. The third-order valence-corrected chi connectivity index (χ3v) is 3.22. The van der Waals surface area contributed by atoms with Crippen LogP contribution in [0.1, 0.15) is 45.0 Å². The summed E-state index contributed by atoms with van der Waals surface area (Å²) in [5.74, 6) is 0.790. The molecule has 0 saturated carbocycles.